The maximum absolute atomic E-state index is 12.3. The molecular weight excluding hydrogens is 284 g/mol. The average molecular weight is 298 g/mol. The van der Waals surface area contributed by atoms with Crippen molar-refractivity contribution in [2.75, 3.05) is 6.61 Å². The lowest BCUT2D eigenvalue weighted by molar-refractivity contribution is 0.0521. The molecule has 0 saturated carbocycles. The molecule has 1 aromatic carbocycles. The zero-order chi connectivity index (χ0) is 16.3. The summed E-state index contributed by atoms with van der Waals surface area (Å²) in [6.07, 6.45) is 0. The van der Waals surface area contributed by atoms with Crippen molar-refractivity contribution in [2.24, 2.45) is 0 Å². The number of hydrogen-bond donors (Lipinski definition) is 1. The monoisotopic (exact) mass is 298 g/mol. The Balaban J connectivity index is 2.78. The fourth-order valence-corrected chi connectivity index (χ4v) is 2.05. The Bertz CT molecular complexity index is 831. The van der Waals surface area contributed by atoms with Gasteiger partial charge < -0.3 is 9.84 Å². The first-order valence-electron chi connectivity index (χ1n) is 6.62. The Morgan fingerprint density at radius 3 is 2.73 bits per heavy atom. The van der Waals surface area contributed by atoms with Crippen molar-refractivity contribution in [1.82, 2.24) is 4.57 Å². The molecule has 0 saturated heterocycles. The van der Waals surface area contributed by atoms with Crippen molar-refractivity contribution in [3.05, 3.63) is 57.4 Å². The molecular formula is C16H14N2O4. The highest BCUT2D eigenvalue weighted by atomic mass is 16.5. The summed E-state index contributed by atoms with van der Waals surface area (Å²) in [4.78, 5) is 24.2. The Hall–Kier alpha value is -3.07. The molecule has 0 aliphatic heterocycles. The predicted molar refractivity (Wildman–Crippen MR) is 79.1 cm³/mol. The van der Waals surface area contributed by atoms with Crippen LogP contribution in [0.3, 0.4) is 0 Å². The van der Waals surface area contributed by atoms with Gasteiger partial charge in [0, 0.05) is 0 Å². The lowest BCUT2D eigenvalue weighted by Gasteiger charge is -2.13. The van der Waals surface area contributed by atoms with Crippen LogP contribution in [0.1, 0.15) is 28.4 Å². The minimum absolute atomic E-state index is 0.115. The van der Waals surface area contributed by atoms with Crippen LogP contribution in [-0.4, -0.2) is 22.2 Å². The van der Waals surface area contributed by atoms with Crippen LogP contribution in [0.15, 0.2) is 35.1 Å². The molecule has 6 heteroatoms. The SMILES string of the molecule is CCOC(=O)c1cc(C#N)c(=O)n(-c2cccc(C)c2)c1O. The van der Waals surface area contributed by atoms with Crippen molar-refractivity contribution in [3.8, 4) is 17.6 Å². The third kappa shape index (κ3) is 2.69. The second-order valence-electron chi connectivity index (χ2n) is 4.61. The van der Waals surface area contributed by atoms with Gasteiger partial charge in [-0.3, -0.25) is 4.79 Å². The number of benzene rings is 1. The number of nitrogens with zero attached hydrogens (tertiary/aromatic N) is 2. The van der Waals surface area contributed by atoms with Crippen LogP contribution in [0, 0.1) is 18.3 Å². The van der Waals surface area contributed by atoms with Gasteiger partial charge in [-0.25, -0.2) is 9.36 Å². The zero-order valence-electron chi connectivity index (χ0n) is 12.2. The van der Waals surface area contributed by atoms with E-state index in [-0.39, 0.29) is 17.7 Å². The van der Waals surface area contributed by atoms with E-state index in [9.17, 15) is 14.7 Å². The van der Waals surface area contributed by atoms with Gasteiger partial charge in [0.1, 0.15) is 17.2 Å². The summed E-state index contributed by atoms with van der Waals surface area (Å²) in [7, 11) is 0. The highest BCUT2D eigenvalue weighted by Gasteiger charge is 2.21. The van der Waals surface area contributed by atoms with Gasteiger partial charge in [-0.2, -0.15) is 5.26 Å². The van der Waals surface area contributed by atoms with Gasteiger partial charge in [0.15, 0.2) is 0 Å². The summed E-state index contributed by atoms with van der Waals surface area (Å²) in [5.41, 5.74) is 0.0644. The second kappa shape index (κ2) is 6.14. The Morgan fingerprint density at radius 1 is 1.41 bits per heavy atom. The molecule has 1 N–H and O–H groups in total. The van der Waals surface area contributed by atoms with Crippen LogP contribution in [0.25, 0.3) is 5.69 Å². The molecule has 0 radical (unpaired) electrons. The van der Waals surface area contributed by atoms with E-state index in [0.717, 1.165) is 16.2 Å². The van der Waals surface area contributed by atoms with Crippen molar-refractivity contribution >= 4 is 5.97 Å². The number of aromatic hydroxyl groups is 1. The van der Waals surface area contributed by atoms with Crippen LogP contribution in [-0.2, 0) is 4.74 Å². The maximum atomic E-state index is 12.3. The minimum Gasteiger partial charge on any atom is -0.494 e. The van der Waals surface area contributed by atoms with Crippen molar-refractivity contribution in [3.63, 3.8) is 0 Å². The molecule has 0 spiro atoms. The van der Waals surface area contributed by atoms with E-state index in [1.54, 1.807) is 31.2 Å². The summed E-state index contributed by atoms with van der Waals surface area (Å²) in [5.74, 6) is -1.34. The van der Waals surface area contributed by atoms with Gasteiger partial charge in [-0.05, 0) is 37.6 Å². The molecule has 1 heterocycles. The van der Waals surface area contributed by atoms with E-state index >= 15 is 0 Å². The molecule has 2 aromatic rings. The average Bonchev–Trinajstić information content (AvgIpc) is 2.48. The molecule has 0 amide bonds. The third-order valence-electron chi connectivity index (χ3n) is 3.05. The lowest BCUT2D eigenvalue weighted by atomic mass is 10.1. The topological polar surface area (TPSA) is 92.3 Å². The number of rotatable bonds is 3. The minimum atomic E-state index is -0.794. The van der Waals surface area contributed by atoms with E-state index in [2.05, 4.69) is 0 Å². The summed E-state index contributed by atoms with van der Waals surface area (Å²) < 4.78 is 5.77. The van der Waals surface area contributed by atoms with Crippen LogP contribution in [0.4, 0.5) is 0 Å². The molecule has 6 nitrogen and oxygen atoms in total. The smallest absolute Gasteiger partial charge is 0.343 e. The van der Waals surface area contributed by atoms with Crippen molar-refractivity contribution in [2.45, 2.75) is 13.8 Å². The van der Waals surface area contributed by atoms with Crippen LogP contribution in [0.5, 0.6) is 5.88 Å². The van der Waals surface area contributed by atoms with Gasteiger partial charge in [0.25, 0.3) is 5.56 Å². The number of hydrogen-bond acceptors (Lipinski definition) is 5. The number of aryl methyl sites for hydroxylation is 1. The van der Waals surface area contributed by atoms with E-state index in [0.29, 0.717) is 5.69 Å². The van der Waals surface area contributed by atoms with Gasteiger partial charge in [0.2, 0.25) is 5.88 Å². The molecule has 0 atom stereocenters. The molecule has 0 fully saturated rings. The summed E-state index contributed by atoms with van der Waals surface area (Å²) >= 11 is 0. The first kappa shape index (κ1) is 15.3. The molecule has 2 rings (SSSR count). The number of carbonyl (C=O) groups excluding carboxylic acids is 1. The number of aromatic nitrogens is 1. The third-order valence-corrected chi connectivity index (χ3v) is 3.05. The quantitative estimate of drug-likeness (QED) is 0.874. The number of nitriles is 1. The van der Waals surface area contributed by atoms with Crippen LogP contribution >= 0.6 is 0 Å². The second-order valence-corrected chi connectivity index (χ2v) is 4.61. The molecule has 22 heavy (non-hydrogen) atoms. The highest BCUT2D eigenvalue weighted by molar-refractivity contribution is 5.92. The van der Waals surface area contributed by atoms with E-state index in [1.165, 1.54) is 0 Å². The Kier molecular flexibility index (Phi) is 4.28. The molecule has 0 unspecified atom stereocenters. The van der Waals surface area contributed by atoms with Gasteiger partial charge in [0.05, 0.1) is 12.3 Å². The highest BCUT2D eigenvalue weighted by Crippen LogP contribution is 2.22. The summed E-state index contributed by atoms with van der Waals surface area (Å²) in [6, 6.07) is 9.57. The van der Waals surface area contributed by atoms with E-state index in [1.807, 2.05) is 13.0 Å². The van der Waals surface area contributed by atoms with Crippen LogP contribution < -0.4 is 5.56 Å². The Morgan fingerprint density at radius 2 is 2.14 bits per heavy atom. The molecule has 0 aliphatic carbocycles. The predicted octanol–water partition coefficient (Wildman–Crippen LogP) is 1.90. The Labute approximate surface area is 126 Å². The normalized spacial score (nSPS) is 10.0. The molecule has 112 valence electrons. The number of carbonyl (C=O) groups is 1. The first-order valence-corrected chi connectivity index (χ1v) is 6.62. The van der Waals surface area contributed by atoms with Crippen molar-refractivity contribution < 1.29 is 14.6 Å². The van der Waals surface area contributed by atoms with Crippen molar-refractivity contribution in [1.29, 1.82) is 5.26 Å². The number of ether oxygens (including phenoxy) is 1. The van der Waals surface area contributed by atoms with E-state index in [4.69, 9.17) is 10.00 Å². The molecule has 1 aromatic heterocycles. The zero-order valence-corrected chi connectivity index (χ0v) is 12.2. The van der Waals surface area contributed by atoms with Gasteiger partial charge in [-0.1, -0.05) is 12.1 Å². The standard InChI is InChI=1S/C16H14N2O4/c1-3-22-16(21)13-8-11(9-17)14(19)18(15(13)20)12-6-4-5-10(2)7-12/h4-8,20H,3H2,1-2H3. The fraction of sp³-hybridized carbons (Fsp3) is 0.188. The molecule has 0 bridgehead atoms. The lowest BCUT2D eigenvalue weighted by Crippen LogP contribution is -2.23. The summed E-state index contributed by atoms with van der Waals surface area (Å²) in [6.45, 7) is 3.56. The maximum Gasteiger partial charge on any atom is 0.343 e. The first-order chi connectivity index (χ1) is 10.5. The van der Waals surface area contributed by atoms with Gasteiger partial charge in [-0.15, -0.1) is 0 Å². The van der Waals surface area contributed by atoms with E-state index < -0.39 is 17.4 Å². The fourth-order valence-electron chi connectivity index (χ4n) is 2.05. The number of esters is 1. The molecule has 0 aliphatic rings. The van der Waals surface area contributed by atoms with Crippen LogP contribution in [0.2, 0.25) is 0 Å². The number of pyridine rings is 1. The van der Waals surface area contributed by atoms with Gasteiger partial charge >= 0.3 is 5.97 Å². The summed E-state index contributed by atoms with van der Waals surface area (Å²) in [5, 5.41) is 19.4. The largest absolute Gasteiger partial charge is 0.494 e.